The lowest BCUT2D eigenvalue weighted by Crippen LogP contribution is -2.14. The summed E-state index contributed by atoms with van der Waals surface area (Å²) in [6.45, 7) is 0.593. The molecule has 0 aliphatic rings. The van der Waals surface area contributed by atoms with Gasteiger partial charge in [0.15, 0.2) is 0 Å². The summed E-state index contributed by atoms with van der Waals surface area (Å²) in [6, 6.07) is 15.5. The molecule has 0 saturated carbocycles. The van der Waals surface area contributed by atoms with E-state index >= 15 is 0 Å². The average molecular weight is 420 g/mol. The highest BCUT2D eigenvalue weighted by Gasteiger charge is 2.08. The predicted molar refractivity (Wildman–Crippen MR) is 102 cm³/mol. The van der Waals surface area contributed by atoms with E-state index in [1.54, 1.807) is 11.0 Å². The molecule has 0 aliphatic carbocycles. The highest BCUT2D eigenvalue weighted by molar-refractivity contribution is 9.10. The number of nitrogens with one attached hydrogen (secondary N) is 1. The number of hydrogen-bond donors (Lipinski definition) is 1. The van der Waals surface area contributed by atoms with Crippen LogP contribution in [-0.2, 0) is 17.8 Å². The van der Waals surface area contributed by atoms with Crippen molar-refractivity contribution in [3.8, 4) is 0 Å². The van der Waals surface area contributed by atoms with Crippen molar-refractivity contribution in [3.63, 3.8) is 0 Å². The van der Waals surface area contributed by atoms with Crippen LogP contribution in [0.2, 0.25) is 5.02 Å². The zero-order valence-corrected chi connectivity index (χ0v) is 15.7. The van der Waals surface area contributed by atoms with E-state index in [1.165, 1.54) is 0 Å². The first-order chi connectivity index (χ1) is 12.1. The van der Waals surface area contributed by atoms with Crippen LogP contribution in [0.4, 0.5) is 5.95 Å². The van der Waals surface area contributed by atoms with Crippen LogP contribution < -0.4 is 5.32 Å². The Bertz CT molecular complexity index is 864. The van der Waals surface area contributed by atoms with Crippen molar-refractivity contribution in [3.05, 3.63) is 75.5 Å². The van der Waals surface area contributed by atoms with Gasteiger partial charge in [0, 0.05) is 15.9 Å². The molecule has 0 spiro atoms. The van der Waals surface area contributed by atoms with Crippen LogP contribution in [0, 0.1) is 0 Å². The Morgan fingerprint density at radius 1 is 1.16 bits per heavy atom. The Morgan fingerprint density at radius 3 is 2.68 bits per heavy atom. The predicted octanol–water partition coefficient (Wildman–Crippen LogP) is 4.31. The molecule has 1 heterocycles. The van der Waals surface area contributed by atoms with Crippen LogP contribution in [0.1, 0.15) is 17.5 Å². The molecule has 1 aromatic heterocycles. The minimum atomic E-state index is -0.138. The quantitative estimate of drug-likeness (QED) is 0.647. The number of halogens is 2. The summed E-state index contributed by atoms with van der Waals surface area (Å²) in [5.74, 6) is 0.169. The van der Waals surface area contributed by atoms with E-state index in [9.17, 15) is 4.79 Å². The van der Waals surface area contributed by atoms with E-state index in [4.69, 9.17) is 11.6 Å². The summed E-state index contributed by atoms with van der Waals surface area (Å²) in [5.41, 5.74) is 2.05. The minimum Gasteiger partial charge on any atom is -0.293 e. The molecule has 3 aromatic rings. The van der Waals surface area contributed by atoms with Crippen LogP contribution >= 0.6 is 27.5 Å². The van der Waals surface area contributed by atoms with E-state index in [0.717, 1.165) is 15.6 Å². The van der Waals surface area contributed by atoms with Gasteiger partial charge >= 0.3 is 0 Å². The third kappa shape index (κ3) is 5.14. The Balaban J connectivity index is 1.53. The molecule has 0 saturated heterocycles. The molecule has 0 atom stereocenters. The molecular formula is C18H16BrClN4O. The first kappa shape index (κ1) is 17.6. The van der Waals surface area contributed by atoms with Gasteiger partial charge < -0.3 is 0 Å². The third-order valence-corrected chi connectivity index (χ3v) is 4.52. The van der Waals surface area contributed by atoms with Gasteiger partial charge in [0.2, 0.25) is 11.9 Å². The molecule has 7 heteroatoms. The summed E-state index contributed by atoms with van der Waals surface area (Å²) < 4.78 is 2.72. The largest absolute Gasteiger partial charge is 0.293 e. The van der Waals surface area contributed by atoms with Crippen molar-refractivity contribution < 1.29 is 4.79 Å². The Labute approximate surface area is 159 Å². The van der Waals surface area contributed by atoms with E-state index in [0.29, 0.717) is 30.4 Å². The fourth-order valence-electron chi connectivity index (χ4n) is 2.34. The zero-order chi connectivity index (χ0) is 17.6. The van der Waals surface area contributed by atoms with Crippen molar-refractivity contribution in [1.29, 1.82) is 0 Å². The van der Waals surface area contributed by atoms with Gasteiger partial charge in [-0.05, 0) is 35.7 Å². The van der Waals surface area contributed by atoms with Crippen LogP contribution in [0.25, 0.3) is 0 Å². The molecule has 0 bridgehead atoms. The maximum Gasteiger partial charge on any atom is 0.248 e. The second kappa shape index (κ2) is 8.27. The summed E-state index contributed by atoms with van der Waals surface area (Å²) in [4.78, 5) is 16.2. The molecule has 0 aliphatic heterocycles. The Morgan fingerprint density at radius 2 is 1.92 bits per heavy atom. The van der Waals surface area contributed by atoms with Gasteiger partial charge in [-0.2, -0.15) is 0 Å². The van der Waals surface area contributed by atoms with Crippen LogP contribution in [-0.4, -0.2) is 20.7 Å². The van der Waals surface area contributed by atoms with E-state index in [2.05, 4.69) is 31.3 Å². The summed E-state index contributed by atoms with van der Waals surface area (Å²) in [5, 5.41) is 7.66. The lowest BCUT2D eigenvalue weighted by Gasteiger charge is -2.04. The van der Waals surface area contributed by atoms with Crippen molar-refractivity contribution >= 4 is 39.4 Å². The molecule has 1 N–H and O–H groups in total. The van der Waals surface area contributed by atoms with Gasteiger partial charge in [0.05, 0.1) is 6.54 Å². The Kier molecular flexibility index (Phi) is 5.83. The van der Waals surface area contributed by atoms with Crippen molar-refractivity contribution in [2.75, 3.05) is 5.32 Å². The normalized spacial score (nSPS) is 10.6. The van der Waals surface area contributed by atoms with Gasteiger partial charge in [-0.25, -0.2) is 9.67 Å². The fourth-order valence-corrected chi connectivity index (χ4v) is 2.84. The van der Waals surface area contributed by atoms with Gasteiger partial charge in [0.25, 0.3) is 0 Å². The highest BCUT2D eigenvalue weighted by atomic mass is 79.9. The number of nitrogens with zero attached hydrogens (tertiary/aromatic N) is 3. The van der Waals surface area contributed by atoms with Gasteiger partial charge in [-0.1, -0.05) is 57.9 Å². The number of benzene rings is 2. The van der Waals surface area contributed by atoms with Crippen LogP contribution in [0.5, 0.6) is 0 Å². The summed E-state index contributed by atoms with van der Waals surface area (Å²) in [6.07, 6.45) is 2.50. The number of rotatable bonds is 6. The maximum atomic E-state index is 12.1. The molecule has 0 fully saturated rings. The Hall–Kier alpha value is -2.18. The number of anilines is 1. The van der Waals surface area contributed by atoms with Gasteiger partial charge in [0.1, 0.15) is 6.33 Å². The monoisotopic (exact) mass is 418 g/mol. The number of aromatic nitrogens is 3. The standard InChI is InChI=1S/C18H16BrClN4O/c19-15-8-5-13(6-9-15)11-24-12-21-18(23-24)22-17(25)10-7-14-3-1-2-4-16(14)20/h1-6,8-9,12H,7,10-11H2,(H,22,23,25). The van der Waals surface area contributed by atoms with E-state index < -0.39 is 0 Å². The molecular weight excluding hydrogens is 404 g/mol. The molecule has 0 unspecified atom stereocenters. The minimum absolute atomic E-state index is 0.138. The lowest BCUT2D eigenvalue weighted by atomic mass is 10.1. The molecule has 3 rings (SSSR count). The third-order valence-electron chi connectivity index (χ3n) is 3.62. The van der Waals surface area contributed by atoms with E-state index in [1.807, 2.05) is 48.5 Å². The van der Waals surface area contributed by atoms with Crippen LogP contribution in [0.15, 0.2) is 59.3 Å². The molecule has 128 valence electrons. The fraction of sp³-hybridized carbons (Fsp3) is 0.167. The smallest absolute Gasteiger partial charge is 0.248 e. The van der Waals surface area contributed by atoms with Gasteiger partial charge in [-0.3, -0.25) is 10.1 Å². The second-order valence-corrected chi connectivity index (χ2v) is 6.85. The first-order valence-electron chi connectivity index (χ1n) is 7.77. The molecule has 5 nitrogen and oxygen atoms in total. The maximum absolute atomic E-state index is 12.1. The number of carbonyl (C=O) groups excluding carboxylic acids is 1. The first-order valence-corrected chi connectivity index (χ1v) is 8.94. The molecule has 1 amide bonds. The van der Waals surface area contributed by atoms with Crippen molar-refractivity contribution in [2.24, 2.45) is 0 Å². The van der Waals surface area contributed by atoms with E-state index in [-0.39, 0.29) is 5.91 Å². The number of aryl methyl sites for hydroxylation is 1. The summed E-state index contributed by atoms with van der Waals surface area (Å²) in [7, 11) is 0. The van der Waals surface area contributed by atoms with Crippen molar-refractivity contribution in [1.82, 2.24) is 14.8 Å². The van der Waals surface area contributed by atoms with Crippen molar-refractivity contribution in [2.45, 2.75) is 19.4 Å². The SMILES string of the molecule is O=C(CCc1ccccc1Cl)Nc1ncn(Cc2ccc(Br)cc2)n1. The number of carbonyl (C=O) groups is 1. The summed E-state index contributed by atoms with van der Waals surface area (Å²) >= 11 is 9.50. The van der Waals surface area contributed by atoms with Crippen LogP contribution in [0.3, 0.4) is 0 Å². The highest BCUT2D eigenvalue weighted by Crippen LogP contribution is 2.16. The lowest BCUT2D eigenvalue weighted by molar-refractivity contribution is -0.116. The average Bonchev–Trinajstić information content (AvgIpc) is 3.03. The molecule has 25 heavy (non-hydrogen) atoms. The topological polar surface area (TPSA) is 59.8 Å². The molecule has 0 radical (unpaired) electrons. The second-order valence-electron chi connectivity index (χ2n) is 5.53. The molecule has 2 aromatic carbocycles. The zero-order valence-electron chi connectivity index (χ0n) is 13.3. The number of hydrogen-bond acceptors (Lipinski definition) is 3. The number of amides is 1. The van der Waals surface area contributed by atoms with Gasteiger partial charge in [-0.15, -0.1) is 5.10 Å².